The lowest BCUT2D eigenvalue weighted by molar-refractivity contribution is 0.294. The number of nitrogens with zero attached hydrogens (tertiary/aromatic N) is 2. The van der Waals surface area contributed by atoms with E-state index in [1.165, 1.54) is 10.4 Å². The van der Waals surface area contributed by atoms with Crippen molar-refractivity contribution in [1.29, 1.82) is 0 Å². The van der Waals surface area contributed by atoms with Gasteiger partial charge in [-0.25, -0.2) is 9.97 Å². The number of aliphatic hydroxyl groups excluding tert-OH is 1. The number of thiophene rings is 1. The molecule has 3 atom stereocenters. The summed E-state index contributed by atoms with van der Waals surface area (Å²) in [6.45, 7) is 2.34. The van der Waals surface area contributed by atoms with Crippen LogP contribution in [0.25, 0.3) is 0 Å². The normalized spacial score (nSPS) is 24.7. The Balaban J connectivity index is 1.84. The van der Waals surface area contributed by atoms with Crippen LogP contribution >= 0.6 is 22.9 Å². The van der Waals surface area contributed by atoms with Gasteiger partial charge in [-0.2, -0.15) is 0 Å². The summed E-state index contributed by atoms with van der Waals surface area (Å²) in [5.41, 5.74) is 7.81. The number of anilines is 1. The second kappa shape index (κ2) is 7.13. The summed E-state index contributed by atoms with van der Waals surface area (Å²) >= 11 is 7.85. The van der Waals surface area contributed by atoms with E-state index < -0.39 is 0 Å². The molecule has 4 N–H and O–H groups in total. The van der Waals surface area contributed by atoms with Crippen molar-refractivity contribution in [3.05, 3.63) is 38.8 Å². The molecule has 3 rings (SSSR count). The summed E-state index contributed by atoms with van der Waals surface area (Å²) in [7, 11) is 0. The Morgan fingerprint density at radius 1 is 1.39 bits per heavy atom. The van der Waals surface area contributed by atoms with Crippen molar-refractivity contribution in [1.82, 2.24) is 15.3 Å². The molecule has 0 aromatic carbocycles. The Labute approximate surface area is 144 Å². The van der Waals surface area contributed by atoms with Crippen molar-refractivity contribution in [2.24, 2.45) is 0 Å². The predicted molar refractivity (Wildman–Crippen MR) is 93.9 cm³/mol. The van der Waals surface area contributed by atoms with E-state index in [4.69, 9.17) is 17.3 Å². The van der Waals surface area contributed by atoms with Gasteiger partial charge < -0.3 is 16.2 Å². The number of halogens is 1. The Morgan fingerprint density at radius 3 is 2.83 bits per heavy atom. The molecule has 1 fully saturated rings. The minimum Gasteiger partial charge on any atom is -0.396 e. The molecule has 0 bridgehead atoms. The summed E-state index contributed by atoms with van der Waals surface area (Å²) < 4.78 is 0.794. The van der Waals surface area contributed by atoms with Gasteiger partial charge in [-0.15, -0.1) is 11.3 Å². The molecule has 0 aliphatic carbocycles. The van der Waals surface area contributed by atoms with Crippen molar-refractivity contribution in [2.45, 2.75) is 44.2 Å². The molecule has 23 heavy (non-hydrogen) atoms. The minimum atomic E-state index is 0.149. The van der Waals surface area contributed by atoms with Crippen LogP contribution in [0.5, 0.6) is 0 Å². The second-order valence-corrected chi connectivity index (χ2v) is 7.79. The fourth-order valence-corrected chi connectivity index (χ4v) is 4.77. The van der Waals surface area contributed by atoms with Crippen LogP contribution in [0.4, 0.5) is 5.95 Å². The average Bonchev–Trinajstić information content (AvgIpc) is 2.88. The van der Waals surface area contributed by atoms with Gasteiger partial charge in [-0.1, -0.05) is 11.6 Å². The second-order valence-electron chi connectivity index (χ2n) is 6.08. The molecule has 3 heterocycles. The van der Waals surface area contributed by atoms with Gasteiger partial charge in [-0.05, 0) is 43.7 Å². The first-order valence-corrected chi connectivity index (χ1v) is 8.98. The number of hydrogen-bond acceptors (Lipinski definition) is 6. The van der Waals surface area contributed by atoms with Crippen LogP contribution in [0.2, 0.25) is 4.34 Å². The van der Waals surface area contributed by atoms with Crippen molar-refractivity contribution < 1.29 is 5.11 Å². The highest BCUT2D eigenvalue weighted by molar-refractivity contribution is 7.16. The fourth-order valence-electron chi connectivity index (χ4n) is 3.33. The van der Waals surface area contributed by atoms with E-state index >= 15 is 0 Å². The first-order chi connectivity index (χ1) is 11.1. The highest BCUT2D eigenvalue weighted by atomic mass is 35.5. The maximum atomic E-state index is 9.28. The standard InChI is InChI=1S/C16H21ClN4OS/c1-9-4-11(15-10(2-3-22)6-14(17)23-15)5-13(21-9)12-7-19-16(18)20-8-12/h6-9,11,13,21-22H,2-5H2,1H3,(H2,18,19,20). The number of aromatic nitrogens is 2. The Kier molecular flexibility index (Phi) is 5.16. The van der Waals surface area contributed by atoms with E-state index in [1.807, 2.05) is 6.07 Å². The SMILES string of the molecule is CC1CC(c2sc(Cl)cc2CCO)CC(c2cnc(N)nc2)N1. The van der Waals surface area contributed by atoms with Gasteiger partial charge in [0, 0.05) is 41.5 Å². The summed E-state index contributed by atoms with van der Waals surface area (Å²) in [5.74, 6) is 0.720. The van der Waals surface area contributed by atoms with Crippen LogP contribution in [0.1, 0.15) is 47.7 Å². The molecule has 124 valence electrons. The molecular formula is C16H21ClN4OS. The molecular weight excluding hydrogens is 332 g/mol. The van der Waals surface area contributed by atoms with Gasteiger partial charge in [0.1, 0.15) is 0 Å². The van der Waals surface area contributed by atoms with Crippen LogP contribution in [0.15, 0.2) is 18.5 Å². The highest BCUT2D eigenvalue weighted by Crippen LogP contribution is 2.42. The van der Waals surface area contributed by atoms with Gasteiger partial charge in [0.2, 0.25) is 5.95 Å². The summed E-state index contributed by atoms with van der Waals surface area (Å²) in [6, 6.07) is 2.58. The smallest absolute Gasteiger partial charge is 0.219 e. The Bertz CT molecular complexity index is 661. The molecule has 3 unspecified atom stereocenters. The third kappa shape index (κ3) is 3.83. The molecule has 1 aliphatic rings. The van der Waals surface area contributed by atoms with Gasteiger partial charge in [0.05, 0.1) is 4.34 Å². The molecule has 0 amide bonds. The number of hydrogen-bond donors (Lipinski definition) is 3. The van der Waals surface area contributed by atoms with Crippen molar-refractivity contribution in [2.75, 3.05) is 12.3 Å². The Morgan fingerprint density at radius 2 is 2.13 bits per heavy atom. The lowest BCUT2D eigenvalue weighted by Gasteiger charge is -2.35. The number of nitrogens with one attached hydrogen (secondary N) is 1. The van der Waals surface area contributed by atoms with Crippen LogP contribution in [0.3, 0.4) is 0 Å². The minimum absolute atomic E-state index is 0.149. The Hall–Kier alpha value is -1.21. The number of piperidine rings is 1. The summed E-state index contributed by atoms with van der Waals surface area (Å²) in [6.07, 6.45) is 6.28. The molecule has 5 nitrogen and oxygen atoms in total. The maximum Gasteiger partial charge on any atom is 0.219 e. The molecule has 1 aliphatic heterocycles. The zero-order chi connectivity index (χ0) is 16.4. The predicted octanol–water partition coefficient (Wildman–Crippen LogP) is 2.91. The van der Waals surface area contributed by atoms with Crippen molar-refractivity contribution in [3.63, 3.8) is 0 Å². The molecule has 0 saturated carbocycles. The van der Waals surface area contributed by atoms with Crippen LogP contribution in [-0.4, -0.2) is 27.7 Å². The number of aliphatic hydroxyl groups is 1. The van der Waals surface area contributed by atoms with Gasteiger partial charge in [-0.3, -0.25) is 0 Å². The van der Waals surface area contributed by atoms with E-state index in [0.29, 0.717) is 24.3 Å². The molecule has 1 saturated heterocycles. The molecule has 0 spiro atoms. The van der Waals surface area contributed by atoms with Gasteiger partial charge >= 0.3 is 0 Å². The van der Waals surface area contributed by atoms with Crippen molar-refractivity contribution >= 4 is 28.9 Å². The summed E-state index contributed by atoms with van der Waals surface area (Å²) in [4.78, 5) is 9.51. The lowest BCUT2D eigenvalue weighted by Crippen LogP contribution is -2.38. The largest absolute Gasteiger partial charge is 0.396 e. The first-order valence-electron chi connectivity index (χ1n) is 7.79. The van der Waals surface area contributed by atoms with Crippen LogP contribution < -0.4 is 11.1 Å². The molecule has 7 heteroatoms. The zero-order valence-electron chi connectivity index (χ0n) is 13.0. The zero-order valence-corrected chi connectivity index (χ0v) is 14.6. The van der Waals surface area contributed by atoms with Gasteiger partial charge in [0.15, 0.2) is 0 Å². The molecule has 2 aromatic rings. The lowest BCUT2D eigenvalue weighted by atomic mass is 9.84. The average molecular weight is 353 g/mol. The van der Waals surface area contributed by atoms with Crippen LogP contribution in [-0.2, 0) is 6.42 Å². The summed E-state index contributed by atoms with van der Waals surface area (Å²) in [5, 5.41) is 12.9. The highest BCUT2D eigenvalue weighted by Gasteiger charge is 2.30. The third-order valence-corrected chi connectivity index (χ3v) is 5.77. The topological polar surface area (TPSA) is 84.1 Å². The van der Waals surface area contributed by atoms with E-state index in [1.54, 1.807) is 23.7 Å². The quantitative estimate of drug-likeness (QED) is 0.788. The van der Waals surface area contributed by atoms with E-state index in [2.05, 4.69) is 22.2 Å². The fraction of sp³-hybridized carbons (Fsp3) is 0.500. The molecule has 2 aromatic heterocycles. The monoisotopic (exact) mass is 352 g/mol. The third-order valence-electron chi connectivity index (χ3n) is 4.30. The molecule has 0 radical (unpaired) electrons. The maximum absolute atomic E-state index is 9.28. The number of nitrogens with two attached hydrogens (primary N) is 1. The van der Waals surface area contributed by atoms with Gasteiger partial charge in [0.25, 0.3) is 0 Å². The van der Waals surface area contributed by atoms with Crippen molar-refractivity contribution in [3.8, 4) is 0 Å². The number of rotatable bonds is 4. The number of nitrogen functional groups attached to an aromatic ring is 1. The van der Waals surface area contributed by atoms with E-state index in [-0.39, 0.29) is 12.6 Å². The van der Waals surface area contributed by atoms with E-state index in [0.717, 1.165) is 22.7 Å². The first kappa shape index (κ1) is 16.6. The van der Waals surface area contributed by atoms with Crippen LogP contribution in [0, 0.1) is 0 Å². The van der Waals surface area contributed by atoms with E-state index in [9.17, 15) is 5.11 Å².